The van der Waals surface area contributed by atoms with E-state index in [4.69, 9.17) is 11.6 Å². The molecule has 0 atom stereocenters. The van der Waals surface area contributed by atoms with E-state index in [1.54, 1.807) is 11.0 Å². The number of amides is 1. The van der Waals surface area contributed by atoms with Gasteiger partial charge in [-0.2, -0.15) is 0 Å². The van der Waals surface area contributed by atoms with Crippen LogP contribution < -0.4 is 4.90 Å². The number of carbonyl (C=O) groups excluding carboxylic acids is 1. The summed E-state index contributed by atoms with van der Waals surface area (Å²) in [6.07, 6.45) is 3.45. The molecule has 1 N–H and O–H groups in total. The molecule has 1 aromatic heterocycles. The number of benzene rings is 2. The molecule has 2 aromatic carbocycles. The molecule has 0 saturated carbocycles. The van der Waals surface area contributed by atoms with E-state index in [1.807, 2.05) is 18.2 Å². The minimum absolute atomic E-state index is 0.0383. The number of carboxylic acid groups (broad SMARTS) is 1. The van der Waals surface area contributed by atoms with Crippen LogP contribution in [0, 0.1) is 19.8 Å². The van der Waals surface area contributed by atoms with Crippen LogP contribution in [0.3, 0.4) is 0 Å². The van der Waals surface area contributed by atoms with Crippen LogP contribution in [0.1, 0.15) is 54.9 Å². The Morgan fingerprint density at radius 2 is 1.82 bits per heavy atom. The molecule has 0 unspecified atom stereocenters. The lowest BCUT2D eigenvalue weighted by Gasteiger charge is -2.31. The lowest BCUT2D eigenvalue weighted by atomic mass is 9.95. The first-order valence-electron chi connectivity index (χ1n) is 13.2. The van der Waals surface area contributed by atoms with Crippen molar-refractivity contribution >= 4 is 39.9 Å². The third kappa shape index (κ3) is 6.79. The molecule has 2 heterocycles. The quantitative estimate of drug-likeness (QED) is 0.323. The fourth-order valence-corrected chi connectivity index (χ4v) is 5.99. The van der Waals surface area contributed by atoms with Gasteiger partial charge in [0.15, 0.2) is 0 Å². The molecule has 3 aromatic rings. The number of aromatic nitrogens is 2. The Labute approximate surface area is 233 Å². The normalized spacial score (nSPS) is 14.5. The smallest absolute Gasteiger partial charge is 0.306 e. The van der Waals surface area contributed by atoms with Crippen molar-refractivity contribution in [3.63, 3.8) is 0 Å². The van der Waals surface area contributed by atoms with Gasteiger partial charge in [-0.25, -0.2) is 0 Å². The predicted molar refractivity (Wildman–Crippen MR) is 153 cm³/mol. The summed E-state index contributed by atoms with van der Waals surface area (Å²) >= 11 is 7.74. The summed E-state index contributed by atoms with van der Waals surface area (Å²) < 4.78 is 0. The van der Waals surface area contributed by atoms with E-state index in [0.29, 0.717) is 29.5 Å². The Morgan fingerprint density at radius 1 is 1.13 bits per heavy atom. The number of aryl methyl sites for hydroxylation is 2. The van der Waals surface area contributed by atoms with Crippen LogP contribution >= 0.6 is 22.9 Å². The molecular weight excluding hydrogens is 520 g/mol. The SMILES string of the molecule is CCCCN(C(=O)Cc1ccccc1Cl)c1nnc(-c2cc(C)c(CN3CCC(C(=O)O)CC3)c(C)c2)s1. The van der Waals surface area contributed by atoms with Crippen LogP contribution in [0.25, 0.3) is 10.6 Å². The fourth-order valence-electron chi connectivity index (χ4n) is 4.91. The highest BCUT2D eigenvalue weighted by molar-refractivity contribution is 7.18. The largest absolute Gasteiger partial charge is 0.481 e. The first-order chi connectivity index (χ1) is 18.3. The molecular formula is C29H35ClN4O3S. The zero-order valence-electron chi connectivity index (χ0n) is 22.2. The van der Waals surface area contributed by atoms with Gasteiger partial charge >= 0.3 is 5.97 Å². The second-order valence-electron chi connectivity index (χ2n) is 10.0. The fraction of sp³-hybridized carbons (Fsp3) is 0.448. The van der Waals surface area contributed by atoms with Gasteiger partial charge in [-0.05, 0) is 86.7 Å². The van der Waals surface area contributed by atoms with Gasteiger partial charge in [0.2, 0.25) is 11.0 Å². The van der Waals surface area contributed by atoms with Crippen LogP contribution in [0.4, 0.5) is 5.13 Å². The molecule has 1 fully saturated rings. The third-order valence-corrected chi connectivity index (χ3v) is 8.61. The summed E-state index contributed by atoms with van der Waals surface area (Å²) in [6.45, 7) is 9.32. The molecule has 1 aliphatic heterocycles. The molecule has 9 heteroatoms. The van der Waals surface area contributed by atoms with Gasteiger partial charge in [-0.3, -0.25) is 19.4 Å². The Hall–Kier alpha value is -2.81. The lowest BCUT2D eigenvalue weighted by Crippen LogP contribution is -2.36. The van der Waals surface area contributed by atoms with Crippen LogP contribution in [0.5, 0.6) is 0 Å². The van der Waals surface area contributed by atoms with Crippen molar-refractivity contribution in [2.24, 2.45) is 5.92 Å². The van der Waals surface area contributed by atoms with E-state index < -0.39 is 5.97 Å². The van der Waals surface area contributed by atoms with Gasteiger partial charge in [-0.15, -0.1) is 10.2 Å². The summed E-state index contributed by atoms with van der Waals surface area (Å²) in [5, 5.41) is 20.1. The maximum atomic E-state index is 13.3. The number of rotatable bonds is 10. The second kappa shape index (κ2) is 12.8. The third-order valence-electron chi connectivity index (χ3n) is 7.24. The number of carbonyl (C=O) groups is 2. The Balaban J connectivity index is 1.50. The molecule has 1 aliphatic rings. The van der Waals surface area contributed by atoms with Crippen molar-refractivity contribution in [3.05, 3.63) is 63.7 Å². The zero-order chi connectivity index (χ0) is 27.2. The Kier molecular flexibility index (Phi) is 9.52. The average Bonchev–Trinajstić information content (AvgIpc) is 3.38. The minimum atomic E-state index is -0.684. The zero-order valence-corrected chi connectivity index (χ0v) is 23.8. The number of piperidine rings is 1. The molecule has 38 heavy (non-hydrogen) atoms. The minimum Gasteiger partial charge on any atom is -0.481 e. The first kappa shape index (κ1) is 28.2. The molecule has 0 spiro atoms. The van der Waals surface area contributed by atoms with Gasteiger partial charge < -0.3 is 5.11 Å². The molecule has 4 rings (SSSR count). The van der Waals surface area contributed by atoms with Crippen LogP contribution in [0.2, 0.25) is 5.02 Å². The van der Waals surface area contributed by atoms with Gasteiger partial charge in [0.05, 0.1) is 12.3 Å². The van der Waals surface area contributed by atoms with Gasteiger partial charge in [0, 0.05) is 23.7 Å². The van der Waals surface area contributed by atoms with E-state index in [-0.39, 0.29) is 18.2 Å². The van der Waals surface area contributed by atoms with Crippen molar-refractivity contribution in [1.29, 1.82) is 0 Å². The van der Waals surface area contributed by atoms with Crippen LogP contribution in [-0.2, 0) is 22.6 Å². The number of hydrogen-bond donors (Lipinski definition) is 1. The number of nitrogens with zero attached hydrogens (tertiary/aromatic N) is 4. The van der Waals surface area contributed by atoms with Crippen molar-refractivity contribution in [3.8, 4) is 10.6 Å². The van der Waals surface area contributed by atoms with Crippen molar-refractivity contribution in [1.82, 2.24) is 15.1 Å². The summed E-state index contributed by atoms with van der Waals surface area (Å²) in [4.78, 5) is 28.6. The number of likely N-dealkylation sites (tertiary alicyclic amines) is 1. The number of anilines is 1. The highest BCUT2D eigenvalue weighted by Crippen LogP contribution is 2.33. The second-order valence-corrected chi connectivity index (χ2v) is 11.4. The molecule has 7 nitrogen and oxygen atoms in total. The molecule has 0 bridgehead atoms. The Bertz CT molecular complexity index is 1260. The summed E-state index contributed by atoms with van der Waals surface area (Å²) in [5.41, 5.74) is 5.42. The number of carboxylic acids is 1. The van der Waals surface area contributed by atoms with Gasteiger partial charge in [-0.1, -0.05) is 54.5 Å². The number of halogens is 1. The summed E-state index contributed by atoms with van der Waals surface area (Å²) in [5.74, 6) is -0.948. The highest BCUT2D eigenvalue weighted by atomic mass is 35.5. The first-order valence-corrected chi connectivity index (χ1v) is 14.4. The summed E-state index contributed by atoms with van der Waals surface area (Å²) in [7, 11) is 0. The van der Waals surface area contributed by atoms with E-state index in [0.717, 1.165) is 48.6 Å². The molecule has 0 radical (unpaired) electrons. The molecule has 1 saturated heterocycles. The van der Waals surface area contributed by atoms with Gasteiger partial charge in [0.1, 0.15) is 5.01 Å². The monoisotopic (exact) mass is 554 g/mol. The van der Waals surface area contributed by atoms with E-state index in [2.05, 4.69) is 48.0 Å². The van der Waals surface area contributed by atoms with Gasteiger partial charge in [0.25, 0.3) is 0 Å². The van der Waals surface area contributed by atoms with E-state index >= 15 is 0 Å². The predicted octanol–water partition coefficient (Wildman–Crippen LogP) is 6.15. The maximum Gasteiger partial charge on any atom is 0.306 e. The number of unbranched alkanes of at least 4 members (excludes halogenated alkanes) is 1. The number of hydrogen-bond acceptors (Lipinski definition) is 6. The molecule has 202 valence electrons. The summed E-state index contributed by atoms with van der Waals surface area (Å²) in [6, 6.07) is 11.7. The van der Waals surface area contributed by atoms with Crippen molar-refractivity contribution < 1.29 is 14.7 Å². The molecule has 0 aliphatic carbocycles. The Morgan fingerprint density at radius 3 is 2.45 bits per heavy atom. The number of aliphatic carboxylic acids is 1. The van der Waals surface area contributed by atoms with E-state index in [1.165, 1.54) is 28.0 Å². The van der Waals surface area contributed by atoms with Crippen LogP contribution in [-0.4, -0.2) is 51.7 Å². The van der Waals surface area contributed by atoms with Crippen molar-refractivity contribution in [2.45, 2.75) is 59.4 Å². The van der Waals surface area contributed by atoms with E-state index in [9.17, 15) is 14.7 Å². The maximum absolute atomic E-state index is 13.3. The van der Waals surface area contributed by atoms with Crippen molar-refractivity contribution in [2.75, 3.05) is 24.5 Å². The molecule has 1 amide bonds. The highest BCUT2D eigenvalue weighted by Gasteiger charge is 2.25. The standard InChI is InChI=1S/C29H35ClN4O3S/c1-4-5-12-34(26(35)17-22-8-6-7-9-25(22)30)29-32-31-27(38-29)23-15-19(2)24(20(3)16-23)18-33-13-10-21(11-14-33)28(36)37/h6-9,15-16,21H,4-5,10-14,17-18H2,1-3H3,(H,36,37). The van der Waals surface area contributed by atoms with Crippen LogP contribution in [0.15, 0.2) is 36.4 Å². The topological polar surface area (TPSA) is 86.6 Å². The lowest BCUT2D eigenvalue weighted by molar-refractivity contribution is -0.143. The average molecular weight is 555 g/mol.